The highest BCUT2D eigenvalue weighted by Crippen LogP contribution is 2.29. The zero-order valence-electron chi connectivity index (χ0n) is 16.0. The van der Waals surface area contributed by atoms with Gasteiger partial charge in [-0.05, 0) is 42.5 Å². The lowest BCUT2D eigenvalue weighted by molar-refractivity contribution is 0.103. The van der Waals surface area contributed by atoms with E-state index in [2.05, 4.69) is 19.7 Å². The number of H-pyrrole nitrogens is 1. The SMILES string of the molecule is O=C(c1c(F)ccc(NS(=O)(=O)c2ccc3ncsc3c2)c1F)c1c[nH]c2ncccc12. The Balaban J connectivity index is 1.55. The van der Waals surface area contributed by atoms with E-state index in [1.54, 1.807) is 17.6 Å². The lowest BCUT2D eigenvalue weighted by Gasteiger charge is -2.12. The quantitative estimate of drug-likeness (QED) is 0.369. The van der Waals surface area contributed by atoms with Gasteiger partial charge in [-0.2, -0.15) is 0 Å². The number of aromatic nitrogens is 3. The molecule has 0 saturated carbocycles. The second-order valence-electron chi connectivity index (χ2n) is 6.80. The zero-order valence-corrected chi connectivity index (χ0v) is 17.6. The van der Waals surface area contributed by atoms with Gasteiger partial charge in [-0.15, -0.1) is 11.3 Å². The number of halogens is 2. The van der Waals surface area contributed by atoms with Crippen LogP contribution in [0.2, 0.25) is 0 Å². The molecule has 7 nitrogen and oxygen atoms in total. The number of aromatic amines is 1. The van der Waals surface area contributed by atoms with Gasteiger partial charge >= 0.3 is 0 Å². The molecule has 0 aliphatic rings. The van der Waals surface area contributed by atoms with E-state index in [1.807, 2.05) is 0 Å². The average Bonchev–Trinajstić information content (AvgIpc) is 3.42. The number of fused-ring (bicyclic) bond motifs is 2. The van der Waals surface area contributed by atoms with Crippen molar-refractivity contribution in [2.24, 2.45) is 0 Å². The summed E-state index contributed by atoms with van der Waals surface area (Å²) in [6.07, 6.45) is 2.81. The van der Waals surface area contributed by atoms with Crippen LogP contribution in [0.15, 0.2) is 65.3 Å². The molecule has 2 aromatic carbocycles. The number of carbonyl (C=O) groups excluding carboxylic acids is 1. The molecule has 11 heteroatoms. The molecule has 0 bridgehead atoms. The molecule has 160 valence electrons. The number of rotatable bonds is 5. The van der Waals surface area contributed by atoms with Crippen molar-refractivity contribution in [3.05, 3.63) is 83.1 Å². The largest absolute Gasteiger partial charge is 0.345 e. The molecule has 0 atom stereocenters. The second-order valence-corrected chi connectivity index (χ2v) is 9.37. The van der Waals surface area contributed by atoms with Crippen molar-refractivity contribution in [2.75, 3.05) is 4.72 Å². The van der Waals surface area contributed by atoms with Crippen molar-refractivity contribution in [3.63, 3.8) is 0 Å². The number of hydrogen-bond acceptors (Lipinski definition) is 6. The number of nitrogens with one attached hydrogen (secondary N) is 2. The van der Waals surface area contributed by atoms with Crippen LogP contribution >= 0.6 is 11.3 Å². The van der Waals surface area contributed by atoms with E-state index >= 15 is 4.39 Å². The summed E-state index contributed by atoms with van der Waals surface area (Å²) in [6.45, 7) is 0. The minimum atomic E-state index is -4.21. The summed E-state index contributed by atoms with van der Waals surface area (Å²) >= 11 is 1.25. The first kappa shape index (κ1) is 20.2. The topological polar surface area (TPSA) is 105 Å². The molecule has 32 heavy (non-hydrogen) atoms. The van der Waals surface area contributed by atoms with Gasteiger partial charge in [-0.3, -0.25) is 9.52 Å². The molecule has 0 unspecified atom stereocenters. The Morgan fingerprint density at radius 2 is 1.94 bits per heavy atom. The van der Waals surface area contributed by atoms with E-state index < -0.39 is 38.7 Å². The van der Waals surface area contributed by atoms with Crippen molar-refractivity contribution in [1.82, 2.24) is 15.0 Å². The van der Waals surface area contributed by atoms with Gasteiger partial charge in [0.25, 0.3) is 10.0 Å². The highest BCUT2D eigenvalue weighted by Gasteiger charge is 2.26. The maximum absolute atomic E-state index is 15.2. The third-order valence-corrected chi connectivity index (χ3v) is 7.03. The first-order valence-electron chi connectivity index (χ1n) is 9.16. The maximum atomic E-state index is 15.2. The third kappa shape index (κ3) is 3.31. The van der Waals surface area contributed by atoms with Crippen LogP contribution in [-0.2, 0) is 10.0 Å². The van der Waals surface area contributed by atoms with Crippen LogP contribution in [0.1, 0.15) is 15.9 Å². The number of carbonyl (C=O) groups is 1. The molecule has 0 radical (unpaired) electrons. The fourth-order valence-electron chi connectivity index (χ4n) is 3.32. The molecule has 5 aromatic rings. The van der Waals surface area contributed by atoms with E-state index in [4.69, 9.17) is 0 Å². The summed E-state index contributed by atoms with van der Waals surface area (Å²) in [5, 5.41) is 0.389. The predicted molar refractivity (Wildman–Crippen MR) is 116 cm³/mol. The number of sulfonamides is 1. The molecule has 0 amide bonds. The number of benzene rings is 2. The Morgan fingerprint density at radius 1 is 1.09 bits per heavy atom. The van der Waals surface area contributed by atoms with Crippen LogP contribution in [0, 0.1) is 11.6 Å². The molecule has 2 N–H and O–H groups in total. The maximum Gasteiger partial charge on any atom is 0.262 e. The van der Waals surface area contributed by atoms with Crippen molar-refractivity contribution in [3.8, 4) is 0 Å². The van der Waals surface area contributed by atoms with Crippen LogP contribution in [0.25, 0.3) is 21.3 Å². The van der Waals surface area contributed by atoms with Gasteiger partial charge in [-0.1, -0.05) is 0 Å². The molecule has 0 aliphatic heterocycles. The van der Waals surface area contributed by atoms with Gasteiger partial charge in [0.15, 0.2) is 5.82 Å². The fraction of sp³-hybridized carbons (Fsp3) is 0. The summed E-state index contributed by atoms with van der Waals surface area (Å²) in [5.74, 6) is -3.36. The van der Waals surface area contributed by atoms with Gasteiger partial charge < -0.3 is 4.98 Å². The highest BCUT2D eigenvalue weighted by molar-refractivity contribution is 7.92. The summed E-state index contributed by atoms with van der Waals surface area (Å²) in [5.41, 5.74) is 1.19. The van der Waals surface area contributed by atoms with Crippen LogP contribution in [0.3, 0.4) is 0 Å². The Bertz CT molecular complexity index is 1630. The summed E-state index contributed by atoms with van der Waals surface area (Å²) < 4.78 is 58.1. The van der Waals surface area contributed by atoms with Crippen molar-refractivity contribution >= 4 is 54.1 Å². The normalized spacial score (nSPS) is 11.8. The van der Waals surface area contributed by atoms with Gasteiger partial charge in [0.2, 0.25) is 5.78 Å². The molecule has 0 fully saturated rings. The van der Waals surface area contributed by atoms with Crippen LogP contribution in [-0.4, -0.2) is 29.2 Å². The van der Waals surface area contributed by atoms with Crippen LogP contribution in [0.5, 0.6) is 0 Å². The monoisotopic (exact) mass is 470 g/mol. The number of pyridine rings is 1. The van der Waals surface area contributed by atoms with E-state index in [0.29, 0.717) is 21.3 Å². The Hall–Kier alpha value is -3.70. The minimum absolute atomic E-state index is 0.0153. The molecule has 0 spiro atoms. The van der Waals surface area contributed by atoms with Crippen molar-refractivity contribution < 1.29 is 22.0 Å². The van der Waals surface area contributed by atoms with Crippen molar-refractivity contribution in [2.45, 2.75) is 4.90 Å². The van der Waals surface area contributed by atoms with Crippen LogP contribution in [0.4, 0.5) is 14.5 Å². The number of ketones is 1. The van der Waals surface area contributed by atoms with Gasteiger partial charge in [0.05, 0.1) is 31.9 Å². The van der Waals surface area contributed by atoms with Crippen molar-refractivity contribution in [1.29, 1.82) is 0 Å². The van der Waals surface area contributed by atoms with Gasteiger partial charge in [-0.25, -0.2) is 27.2 Å². The summed E-state index contributed by atoms with van der Waals surface area (Å²) in [7, 11) is -4.21. The zero-order chi connectivity index (χ0) is 22.5. The molecular formula is C21H12F2N4O3S2. The van der Waals surface area contributed by atoms with E-state index in [0.717, 1.165) is 12.1 Å². The molecular weight excluding hydrogens is 458 g/mol. The third-order valence-electron chi connectivity index (χ3n) is 4.87. The Labute approximate surface area is 183 Å². The summed E-state index contributed by atoms with van der Waals surface area (Å²) in [4.78, 5) is 23.7. The highest BCUT2D eigenvalue weighted by atomic mass is 32.2. The predicted octanol–water partition coefficient (Wildman–Crippen LogP) is 4.48. The first-order valence-corrected chi connectivity index (χ1v) is 11.5. The lowest BCUT2D eigenvalue weighted by Crippen LogP contribution is -2.16. The number of anilines is 1. The van der Waals surface area contributed by atoms with E-state index in [-0.39, 0.29) is 10.5 Å². The first-order chi connectivity index (χ1) is 15.3. The molecule has 5 rings (SSSR count). The molecule has 0 aliphatic carbocycles. The average molecular weight is 470 g/mol. The molecule has 3 aromatic heterocycles. The minimum Gasteiger partial charge on any atom is -0.345 e. The van der Waals surface area contributed by atoms with Gasteiger partial charge in [0, 0.05) is 23.3 Å². The summed E-state index contributed by atoms with van der Waals surface area (Å²) in [6, 6.07) is 9.21. The number of hydrogen-bond donors (Lipinski definition) is 2. The number of thiazole rings is 1. The van der Waals surface area contributed by atoms with E-state index in [9.17, 15) is 17.6 Å². The van der Waals surface area contributed by atoms with E-state index in [1.165, 1.54) is 41.9 Å². The molecule has 0 saturated heterocycles. The Kier molecular flexibility index (Phi) is 4.72. The fourth-order valence-corrected chi connectivity index (χ4v) is 5.20. The standard InChI is InChI=1S/C21H12F2N4O3S2/c22-14-4-6-16(27-32(29,30)11-3-5-15-17(8-11)31-10-26-15)19(23)18(14)20(28)13-9-25-21-12(13)2-1-7-24-21/h1-10,27H,(H,24,25). The van der Waals surface area contributed by atoms with Crippen LogP contribution < -0.4 is 4.72 Å². The second kappa shape index (κ2) is 7.46. The van der Waals surface area contributed by atoms with Gasteiger partial charge in [0.1, 0.15) is 11.5 Å². The lowest BCUT2D eigenvalue weighted by atomic mass is 10.0. The molecule has 3 heterocycles. The Morgan fingerprint density at radius 3 is 2.78 bits per heavy atom. The number of nitrogens with zero attached hydrogens (tertiary/aromatic N) is 2. The smallest absolute Gasteiger partial charge is 0.262 e.